The molecule has 0 aliphatic rings. The second-order valence-corrected chi connectivity index (χ2v) is 4.93. The summed E-state index contributed by atoms with van der Waals surface area (Å²) >= 11 is 0. The lowest BCUT2D eigenvalue weighted by atomic mass is 10.1. The van der Waals surface area contributed by atoms with Crippen molar-refractivity contribution in [3.8, 4) is 17.0 Å². The first kappa shape index (κ1) is 14.9. The summed E-state index contributed by atoms with van der Waals surface area (Å²) in [5.74, 6) is 0.217. The fourth-order valence-electron chi connectivity index (χ4n) is 2.21. The first-order valence-electron chi connectivity index (χ1n) is 6.98. The Kier molecular flexibility index (Phi) is 4.14. The second kappa shape index (κ2) is 6.39. The van der Waals surface area contributed by atoms with Gasteiger partial charge in [0.25, 0.3) is 5.56 Å². The van der Waals surface area contributed by atoms with Crippen LogP contribution in [0.1, 0.15) is 5.56 Å². The zero-order valence-electron chi connectivity index (χ0n) is 12.4. The largest absolute Gasteiger partial charge is 0.495 e. The average molecular weight is 311 g/mol. The Morgan fingerprint density at radius 2 is 2.00 bits per heavy atom. The lowest BCUT2D eigenvalue weighted by Crippen LogP contribution is -2.23. The van der Waals surface area contributed by atoms with Crippen LogP contribution >= 0.6 is 0 Å². The highest BCUT2D eigenvalue weighted by Crippen LogP contribution is 2.19. The molecular formula is C17H14FN3O2. The molecule has 0 amide bonds. The van der Waals surface area contributed by atoms with E-state index in [1.165, 1.54) is 22.9 Å². The van der Waals surface area contributed by atoms with Crippen LogP contribution in [0.5, 0.6) is 5.75 Å². The molecule has 3 rings (SSSR count). The highest BCUT2D eigenvalue weighted by atomic mass is 19.1. The number of aromatic nitrogens is 3. The monoisotopic (exact) mass is 311 g/mol. The van der Waals surface area contributed by atoms with Gasteiger partial charge in [-0.15, -0.1) is 0 Å². The standard InChI is InChI=1S/C17H14FN3O2/c1-23-13-8-12(9-19-10-13)11-21-17(22)7-6-16(20-21)14-4-2-3-5-15(14)18/h2-10H,11H2,1H3. The molecule has 0 aliphatic carbocycles. The number of methoxy groups -OCH3 is 1. The summed E-state index contributed by atoms with van der Waals surface area (Å²) in [6, 6.07) is 11.0. The van der Waals surface area contributed by atoms with Crippen molar-refractivity contribution in [3.63, 3.8) is 0 Å². The minimum atomic E-state index is -0.381. The maximum atomic E-state index is 13.9. The molecule has 2 heterocycles. The molecule has 0 spiro atoms. The molecule has 0 fully saturated rings. The Morgan fingerprint density at radius 1 is 1.17 bits per heavy atom. The van der Waals surface area contributed by atoms with Crippen molar-refractivity contribution in [1.29, 1.82) is 0 Å². The molecular weight excluding hydrogens is 297 g/mol. The van der Waals surface area contributed by atoms with E-state index in [1.54, 1.807) is 43.8 Å². The van der Waals surface area contributed by atoms with Gasteiger partial charge >= 0.3 is 0 Å². The van der Waals surface area contributed by atoms with Gasteiger partial charge in [-0.05, 0) is 29.8 Å². The maximum Gasteiger partial charge on any atom is 0.267 e. The van der Waals surface area contributed by atoms with Gasteiger partial charge < -0.3 is 4.74 Å². The van der Waals surface area contributed by atoms with Crippen LogP contribution in [-0.2, 0) is 6.54 Å². The topological polar surface area (TPSA) is 57.0 Å². The third-order valence-electron chi connectivity index (χ3n) is 3.35. The molecule has 0 atom stereocenters. The van der Waals surface area contributed by atoms with E-state index in [1.807, 2.05) is 0 Å². The van der Waals surface area contributed by atoms with E-state index in [0.29, 0.717) is 17.0 Å². The quantitative estimate of drug-likeness (QED) is 0.743. The van der Waals surface area contributed by atoms with Crippen molar-refractivity contribution < 1.29 is 9.13 Å². The molecule has 0 saturated carbocycles. The van der Waals surface area contributed by atoms with Crippen LogP contribution in [-0.4, -0.2) is 21.9 Å². The van der Waals surface area contributed by atoms with E-state index in [0.717, 1.165) is 5.56 Å². The van der Waals surface area contributed by atoms with E-state index in [9.17, 15) is 9.18 Å². The number of pyridine rings is 1. The first-order chi connectivity index (χ1) is 11.2. The van der Waals surface area contributed by atoms with Crippen LogP contribution in [0.25, 0.3) is 11.3 Å². The van der Waals surface area contributed by atoms with Gasteiger partial charge in [-0.3, -0.25) is 9.78 Å². The van der Waals surface area contributed by atoms with Gasteiger partial charge in [0.15, 0.2) is 0 Å². The fraction of sp³-hybridized carbons (Fsp3) is 0.118. The van der Waals surface area contributed by atoms with Crippen molar-refractivity contribution in [2.24, 2.45) is 0 Å². The number of hydrogen-bond acceptors (Lipinski definition) is 4. The van der Waals surface area contributed by atoms with Gasteiger partial charge in [0.1, 0.15) is 11.6 Å². The molecule has 2 aromatic heterocycles. The van der Waals surface area contributed by atoms with Crippen molar-refractivity contribution >= 4 is 0 Å². The molecule has 23 heavy (non-hydrogen) atoms. The maximum absolute atomic E-state index is 13.9. The van der Waals surface area contributed by atoms with Gasteiger partial charge in [0, 0.05) is 17.8 Å². The van der Waals surface area contributed by atoms with Gasteiger partial charge in [0.05, 0.1) is 25.5 Å². The Labute approximate surface area is 132 Å². The van der Waals surface area contributed by atoms with E-state index in [4.69, 9.17) is 4.74 Å². The normalized spacial score (nSPS) is 10.5. The molecule has 0 N–H and O–H groups in total. The summed E-state index contributed by atoms with van der Waals surface area (Å²) in [6.07, 6.45) is 3.21. The van der Waals surface area contributed by atoms with Crippen LogP contribution < -0.4 is 10.3 Å². The summed E-state index contributed by atoms with van der Waals surface area (Å²) in [5.41, 5.74) is 1.25. The zero-order valence-corrected chi connectivity index (χ0v) is 12.4. The SMILES string of the molecule is COc1cncc(Cn2nc(-c3ccccc3F)ccc2=O)c1. The van der Waals surface area contributed by atoms with Gasteiger partial charge in [0.2, 0.25) is 0 Å². The van der Waals surface area contributed by atoms with E-state index in [2.05, 4.69) is 10.1 Å². The number of nitrogens with zero attached hydrogens (tertiary/aromatic N) is 3. The number of halogens is 1. The lowest BCUT2D eigenvalue weighted by molar-refractivity contribution is 0.412. The molecule has 0 bridgehead atoms. The lowest BCUT2D eigenvalue weighted by Gasteiger charge is -2.08. The summed E-state index contributed by atoms with van der Waals surface area (Å²) < 4.78 is 20.3. The summed E-state index contributed by atoms with van der Waals surface area (Å²) in [7, 11) is 1.55. The third-order valence-corrected chi connectivity index (χ3v) is 3.35. The Hall–Kier alpha value is -3.02. The van der Waals surface area contributed by atoms with E-state index >= 15 is 0 Å². The van der Waals surface area contributed by atoms with Crippen LogP contribution in [0.15, 0.2) is 59.7 Å². The molecule has 3 aromatic rings. The Balaban J connectivity index is 1.98. The fourth-order valence-corrected chi connectivity index (χ4v) is 2.21. The smallest absolute Gasteiger partial charge is 0.267 e. The average Bonchev–Trinajstić information content (AvgIpc) is 2.58. The molecule has 0 unspecified atom stereocenters. The summed E-state index contributed by atoms with van der Waals surface area (Å²) in [5, 5.41) is 4.25. The molecule has 116 valence electrons. The molecule has 5 nitrogen and oxygen atoms in total. The van der Waals surface area contributed by atoms with Gasteiger partial charge in [-0.2, -0.15) is 5.10 Å². The van der Waals surface area contributed by atoms with Crippen molar-refractivity contribution in [2.45, 2.75) is 6.54 Å². The van der Waals surface area contributed by atoms with E-state index < -0.39 is 0 Å². The molecule has 0 saturated heterocycles. The van der Waals surface area contributed by atoms with Crippen LogP contribution in [0.4, 0.5) is 4.39 Å². The number of hydrogen-bond donors (Lipinski definition) is 0. The number of ether oxygens (including phenoxy) is 1. The van der Waals surface area contributed by atoms with Crippen LogP contribution in [0.2, 0.25) is 0 Å². The minimum absolute atomic E-state index is 0.228. The highest BCUT2D eigenvalue weighted by Gasteiger charge is 2.08. The number of rotatable bonds is 4. The molecule has 0 radical (unpaired) electrons. The Morgan fingerprint density at radius 3 is 2.78 bits per heavy atom. The zero-order chi connectivity index (χ0) is 16.2. The van der Waals surface area contributed by atoms with E-state index in [-0.39, 0.29) is 17.9 Å². The molecule has 6 heteroatoms. The summed E-state index contributed by atoms with van der Waals surface area (Å²) in [6.45, 7) is 0.228. The predicted molar refractivity (Wildman–Crippen MR) is 83.8 cm³/mol. The highest BCUT2D eigenvalue weighted by molar-refractivity contribution is 5.58. The third kappa shape index (κ3) is 3.26. The minimum Gasteiger partial charge on any atom is -0.495 e. The number of benzene rings is 1. The van der Waals surface area contributed by atoms with Crippen LogP contribution in [0.3, 0.4) is 0 Å². The Bertz CT molecular complexity index is 893. The van der Waals surface area contributed by atoms with Crippen molar-refractivity contribution in [1.82, 2.24) is 14.8 Å². The van der Waals surface area contributed by atoms with Crippen LogP contribution in [0, 0.1) is 5.82 Å². The van der Waals surface area contributed by atoms with Gasteiger partial charge in [-0.25, -0.2) is 9.07 Å². The van der Waals surface area contributed by atoms with Crippen molar-refractivity contribution in [3.05, 3.63) is 76.6 Å². The first-order valence-corrected chi connectivity index (χ1v) is 6.98. The second-order valence-electron chi connectivity index (χ2n) is 4.93. The van der Waals surface area contributed by atoms with Gasteiger partial charge in [-0.1, -0.05) is 12.1 Å². The predicted octanol–water partition coefficient (Wildman–Crippen LogP) is 2.50. The molecule has 0 aliphatic heterocycles. The van der Waals surface area contributed by atoms with Crippen molar-refractivity contribution in [2.75, 3.05) is 7.11 Å². The molecule has 1 aromatic carbocycles. The summed E-state index contributed by atoms with van der Waals surface area (Å²) in [4.78, 5) is 16.0.